The number of anilines is 1. The van der Waals surface area contributed by atoms with Crippen LogP contribution >= 0.6 is 23.2 Å². The maximum atomic E-state index is 13.4. The first-order valence-corrected chi connectivity index (χ1v) is 11.7. The van der Waals surface area contributed by atoms with Crippen LogP contribution in [-0.4, -0.2) is 30.5 Å². The van der Waals surface area contributed by atoms with Crippen LogP contribution in [0.4, 0.5) is 5.69 Å². The van der Waals surface area contributed by atoms with E-state index in [1.165, 1.54) is 12.0 Å². The van der Waals surface area contributed by atoms with Gasteiger partial charge in [0.05, 0.1) is 35.9 Å². The number of nitrogens with zero attached hydrogens (tertiary/aromatic N) is 1. The average Bonchev–Trinajstić information content (AvgIpc) is 3.09. The molecule has 0 spiro atoms. The Morgan fingerprint density at radius 2 is 1.77 bits per heavy atom. The minimum atomic E-state index is -0.923. The van der Waals surface area contributed by atoms with E-state index in [1.54, 1.807) is 67.6 Å². The van der Waals surface area contributed by atoms with Gasteiger partial charge in [-0.05, 0) is 61.4 Å². The predicted octanol–water partition coefficient (Wildman–Crippen LogP) is 6.34. The Hall–Kier alpha value is -3.48. The lowest BCUT2D eigenvalue weighted by molar-refractivity contribution is -0.132. The summed E-state index contributed by atoms with van der Waals surface area (Å²) in [5.41, 5.74) is 1.93. The van der Waals surface area contributed by atoms with Crippen LogP contribution in [0.2, 0.25) is 10.0 Å². The van der Waals surface area contributed by atoms with Gasteiger partial charge < -0.3 is 14.6 Å². The molecule has 1 amide bonds. The Morgan fingerprint density at radius 1 is 1.06 bits per heavy atom. The Kier molecular flexibility index (Phi) is 7.05. The summed E-state index contributed by atoms with van der Waals surface area (Å²) in [4.78, 5) is 28.1. The Labute approximate surface area is 213 Å². The minimum absolute atomic E-state index is 0.0842. The molecule has 35 heavy (non-hydrogen) atoms. The Balaban J connectivity index is 1.98. The molecule has 8 heteroatoms. The van der Waals surface area contributed by atoms with Crippen LogP contribution in [0.1, 0.15) is 29.7 Å². The highest BCUT2D eigenvalue weighted by atomic mass is 35.5. The summed E-state index contributed by atoms with van der Waals surface area (Å²) < 4.78 is 11.0. The fourth-order valence-electron chi connectivity index (χ4n) is 4.21. The number of aryl methyl sites for hydroxylation is 1. The van der Waals surface area contributed by atoms with Gasteiger partial charge in [0, 0.05) is 16.8 Å². The molecule has 4 rings (SSSR count). The van der Waals surface area contributed by atoms with Gasteiger partial charge in [-0.2, -0.15) is 0 Å². The summed E-state index contributed by atoms with van der Waals surface area (Å²) in [7, 11) is 1.42. The summed E-state index contributed by atoms with van der Waals surface area (Å²) in [6, 6.07) is 16.1. The third-order valence-electron chi connectivity index (χ3n) is 5.68. The zero-order chi connectivity index (χ0) is 25.3. The topological polar surface area (TPSA) is 76.1 Å². The van der Waals surface area contributed by atoms with Crippen molar-refractivity contribution in [2.45, 2.75) is 19.9 Å². The van der Waals surface area contributed by atoms with Crippen LogP contribution in [0.25, 0.3) is 5.76 Å². The Bertz CT molecular complexity index is 1330. The SMILES string of the molecule is CCOc1cccc(N2C(=O)C(=O)/C(=C(/O)c3cc(C)cc(Cl)c3OC)C2c2ccc(Cl)cc2)c1. The number of ether oxygens (including phenoxy) is 2. The van der Waals surface area contributed by atoms with E-state index in [4.69, 9.17) is 32.7 Å². The van der Waals surface area contributed by atoms with Gasteiger partial charge in [0.1, 0.15) is 17.3 Å². The van der Waals surface area contributed by atoms with Crippen molar-refractivity contribution in [3.05, 3.63) is 93.0 Å². The molecule has 1 unspecified atom stereocenters. The summed E-state index contributed by atoms with van der Waals surface area (Å²) in [6.07, 6.45) is 0. The maximum absolute atomic E-state index is 13.4. The van der Waals surface area contributed by atoms with Gasteiger partial charge in [-0.3, -0.25) is 14.5 Å². The zero-order valence-electron chi connectivity index (χ0n) is 19.3. The molecule has 6 nitrogen and oxygen atoms in total. The van der Waals surface area contributed by atoms with Gasteiger partial charge >= 0.3 is 0 Å². The van der Waals surface area contributed by atoms with E-state index in [-0.39, 0.29) is 27.7 Å². The number of amides is 1. The lowest BCUT2D eigenvalue weighted by Gasteiger charge is -2.26. The van der Waals surface area contributed by atoms with E-state index in [9.17, 15) is 14.7 Å². The highest BCUT2D eigenvalue weighted by Gasteiger charge is 2.47. The van der Waals surface area contributed by atoms with Gasteiger partial charge in [-0.1, -0.05) is 41.4 Å². The highest BCUT2D eigenvalue weighted by molar-refractivity contribution is 6.51. The van der Waals surface area contributed by atoms with Crippen molar-refractivity contribution < 1.29 is 24.2 Å². The molecule has 180 valence electrons. The van der Waals surface area contributed by atoms with Crippen molar-refractivity contribution in [3.8, 4) is 11.5 Å². The second-order valence-corrected chi connectivity index (χ2v) is 8.82. The van der Waals surface area contributed by atoms with Gasteiger partial charge in [-0.15, -0.1) is 0 Å². The van der Waals surface area contributed by atoms with Crippen LogP contribution in [-0.2, 0) is 9.59 Å². The first kappa shape index (κ1) is 24.6. The quantitative estimate of drug-likeness (QED) is 0.237. The first-order chi connectivity index (χ1) is 16.8. The van der Waals surface area contributed by atoms with Crippen molar-refractivity contribution in [1.82, 2.24) is 0 Å². The second-order valence-electron chi connectivity index (χ2n) is 7.98. The van der Waals surface area contributed by atoms with E-state index < -0.39 is 17.7 Å². The number of rotatable bonds is 6. The molecule has 0 radical (unpaired) electrons. The van der Waals surface area contributed by atoms with E-state index in [0.717, 1.165) is 5.56 Å². The van der Waals surface area contributed by atoms with Gasteiger partial charge in [0.15, 0.2) is 0 Å². The van der Waals surface area contributed by atoms with E-state index in [1.807, 2.05) is 6.92 Å². The highest BCUT2D eigenvalue weighted by Crippen LogP contribution is 2.45. The molecular formula is C27H23Cl2NO5. The molecule has 0 aliphatic carbocycles. The lowest BCUT2D eigenvalue weighted by atomic mass is 9.94. The number of hydrogen-bond acceptors (Lipinski definition) is 5. The largest absolute Gasteiger partial charge is 0.507 e. The minimum Gasteiger partial charge on any atom is -0.507 e. The Morgan fingerprint density at radius 3 is 2.43 bits per heavy atom. The molecule has 0 aromatic heterocycles. The molecule has 3 aromatic rings. The maximum Gasteiger partial charge on any atom is 0.300 e. The first-order valence-electron chi connectivity index (χ1n) is 10.9. The van der Waals surface area contributed by atoms with Crippen molar-refractivity contribution in [1.29, 1.82) is 0 Å². The molecule has 0 bridgehead atoms. The molecule has 1 atom stereocenters. The number of aliphatic hydroxyl groups is 1. The molecule has 1 heterocycles. The summed E-state index contributed by atoms with van der Waals surface area (Å²) in [5, 5.41) is 12.2. The van der Waals surface area contributed by atoms with Crippen LogP contribution in [0, 0.1) is 6.92 Å². The number of ketones is 1. The standard InChI is InChI=1S/C27H23Cl2NO5/c1-4-35-19-7-5-6-18(14-19)30-23(16-8-10-17(28)11-9-16)22(25(32)27(30)33)24(31)20-12-15(2)13-21(29)26(20)34-3/h5-14,23,31H,4H2,1-3H3/b24-22+. The molecule has 1 fully saturated rings. The zero-order valence-corrected chi connectivity index (χ0v) is 20.9. The number of carbonyl (C=O) groups is 2. The van der Waals surface area contributed by atoms with Crippen molar-refractivity contribution >= 4 is 46.3 Å². The molecule has 1 aliphatic heterocycles. The number of halogens is 2. The summed E-state index contributed by atoms with van der Waals surface area (Å²) in [5.74, 6) is -1.24. The molecule has 1 saturated heterocycles. The number of Topliss-reactive ketones (excluding diaryl/α,β-unsaturated/α-hetero) is 1. The number of benzene rings is 3. The third-order valence-corrected chi connectivity index (χ3v) is 6.22. The monoisotopic (exact) mass is 511 g/mol. The lowest BCUT2D eigenvalue weighted by Crippen LogP contribution is -2.29. The fraction of sp³-hybridized carbons (Fsp3) is 0.185. The van der Waals surface area contributed by atoms with Gasteiger partial charge in [-0.25, -0.2) is 0 Å². The van der Waals surface area contributed by atoms with Crippen LogP contribution in [0.15, 0.2) is 66.2 Å². The molecule has 1 N–H and O–H groups in total. The predicted molar refractivity (Wildman–Crippen MR) is 137 cm³/mol. The summed E-state index contributed by atoms with van der Waals surface area (Å²) in [6.45, 7) is 4.10. The van der Waals surface area contributed by atoms with Crippen LogP contribution in [0.3, 0.4) is 0 Å². The molecule has 1 aliphatic rings. The van der Waals surface area contributed by atoms with Crippen LogP contribution in [0.5, 0.6) is 11.5 Å². The molecule has 0 saturated carbocycles. The van der Waals surface area contributed by atoms with Crippen molar-refractivity contribution in [2.24, 2.45) is 0 Å². The van der Waals surface area contributed by atoms with Gasteiger partial charge in [0.25, 0.3) is 11.7 Å². The van der Waals surface area contributed by atoms with Gasteiger partial charge in [0.2, 0.25) is 0 Å². The van der Waals surface area contributed by atoms with Crippen molar-refractivity contribution in [2.75, 3.05) is 18.6 Å². The van der Waals surface area contributed by atoms with Crippen LogP contribution < -0.4 is 14.4 Å². The number of aliphatic hydroxyl groups excluding tert-OH is 1. The molecular weight excluding hydrogens is 489 g/mol. The number of hydrogen-bond donors (Lipinski definition) is 1. The van der Waals surface area contributed by atoms with Crippen molar-refractivity contribution in [3.63, 3.8) is 0 Å². The molecule has 3 aromatic carbocycles. The third kappa shape index (κ3) is 4.59. The van der Waals surface area contributed by atoms with E-state index in [0.29, 0.717) is 28.6 Å². The number of methoxy groups -OCH3 is 1. The average molecular weight is 512 g/mol. The number of carbonyl (C=O) groups excluding carboxylic acids is 2. The smallest absolute Gasteiger partial charge is 0.300 e. The van der Waals surface area contributed by atoms with E-state index in [2.05, 4.69) is 0 Å². The summed E-state index contributed by atoms with van der Waals surface area (Å²) >= 11 is 12.4. The normalized spacial score (nSPS) is 17.1. The van der Waals surface area contributed by atoms with E-state index >= 15 is 0 Å². The second kappa shape index (κ2) is 10.0. The fourth-order valence-corrected chi connectivity index (χ4v) is 4.68.